The quantitative estimate of drug-likeness (QED) is 0.499. The number of carbonyl (C=O) groups is 1. The SMILES string of the molecule is CCOC(=O)N/N=C\c1cc(Cl)cc([N+](=O)[O-])c1O. The van der Waals surface area contributed by atoms with E-state index in [4.69, 9.17) is 11.6 Å². The van der Waals surface area contributed by atoms with Gasteiger partial charge in [0.1, 0.15) is 0 Å². The highest BCUT2D eigenvalue weighted by molar-refractivity contribution is 6.31. The third-order valence-corrected chi connectivity index (χ3v) is 2.13. The number of benzene rings is 1. The molecule has 19 heavy (non-hydrogen) atoms. The number of phenolic OH excluding ortho intramolecular Hbond substituents is 1. The fourth-order valence-electron chi connectivity index (χ4n) is 1.16. The average Bonchev–Trinajstić information content (AvgIpc) is 2.33. The molecule has 9 heteroatoms. The molecule has 8 nitrogen and oxygen atoms in total. The summed E-state index contributed by atoms with van der Waals surface area (Å²) in [5.74, 6) is -0.594. The third kappa shape index (κ3) is 4.11. The fourth-order valence-corrected chi connectivity index (χ4v) is 1.38. The number of hydrogen-bond acceptors (Lipinski definition) is 6. The summed E-state index contributed by atoms with van der Waals surface area (Å²) in [4.78, 5) is 20.8. The van der Waals surface area contributed by atoms with Crippen LogP contribution in [-0.2, 0) is 4.74 Å². The maximum absolute atomic E-state index is 10.9. The Hall–Kier alpha value is -2.35. The number of amides is 1. The van der Waals surface area contributed by atoms with Crippen LogP contribution in [-0.4, -0.2) is 28.9 Å². The predicted octanol–water partition coefficient (Wildman–Crippen LogP) is 2.03. The van der Waals surface area contributed by atoms with Gasteiger partial charge in [-0.2, -0.15) is 5.10 Å². The second kappa shape index (κ2) is 6.55. The van der Waals surface area contributed by atoms with Crippen molar-refractivity contribution < 1.29 is 19.6 Å². The van der Waals surface area contributed by atoms with Gasteiger partial charge in [0.15, 0.2) is 0 Å². The number of hydrazone groups is 1. The normalized spacial score (nSPS) is 10.4. The van der Waals surface area contributed by atoms with E-state index in [-0.39, 0.29) is 17.2 Å². The predicted molar refractivity (Wildman–Crippen MR) is 67.5 cm³/mol. The van der Waals surface area contributed by atoms with Crippen molar-refractivity contribution in [2.45, 2.75) is 6.92 Å². The minimum Gasteiger partial charge on any atom is -0.502 e. The number of nitro groups is 1. The summed E-state index contributed by atoms with van der Waals surface area (Å²) in [5, 5.41) is 23.8. The number of hydrogen-bond donors (Lipinski definition) is 2. The van der Waals surface area contributed by atoms with Gasteiger partial charge in [0, 0.05) is 16.7 Å². The van der Waals surface area contributed by atoms with Gasteiger partial charge in [0.2, 0.25) is 5.75 Å². The van der Waals surface area contributed by atoms with Gasteiger partial charge in [-0.25, -0.2) is 10.2 Å². The van der Waals surface area contributed by atoms with Crippen molar-refractivity contribution in [2.75, 3.05) is 6.61 Å². The molecule has 0 bridgehead atoms. The molecule has 0 unspecified atom stereocenters. The number of nitrogens with zero attached hydrogens (tertiary/aromatic N) is 2. The standard InChI is InChI=1S/C10H10ClN3O5/c1-2-19-10(16)13-12-5-6-3-7(11)4-8(9(6)15)14(17)18/h3-5,15H,2H2,1H3,(H,13,16)/b12-5-. The van der Waals surface area contributed by atoms with Crippen LogP contribution in [0.5, 0.6) is 5.75 Å². The second-order valence-electron chi connectivity index (χ2n) is 3.21. The van der Waals surface area contributed by atoms with Crippen LogP contribution in [0.4, 0.5) is 10.5 Å². The van der Waals surface area contributed by atoms with Crippen LogP contribution < -0.4 is 5.43 Å². The summed E-state index contributed by atoms with van der Waals surface area (Å²) in [7, 11) is 0. The molecule has 0 saturated heterocycles. The summed E-state index contributed by atoms with van der Waals surface area (Å²) in [6.45, 7) is 1.80. The van der Waals surface area contributed by atoms with Crippen molar-refractivity contribution in [3.05, 3.63) is 32.8 Å². The Labute approximate surface area is 112 Å². The highest BCUT2D eigenvalue weighted by Gasteiger charge is 2.17. The van der Waals surface area contributed by atoms with Gasteiger partial charge in [-0.3, -0.25) is 10.1 Å². The smallest absolute Gasteiger partial charge is 0.427 e. The number of nitro benzene ring substituents is 1. The lowest BCUT2D eigenvalue weighted by atomic mass is 10.2. The summed E-state index contributed by atoms with van der Waals surface area (Å²) in [6.07, 6.45) is 0.236. The van der Waals surface area contributed by atoms with Crippen molar-refractivity contribution in [2.24, 2.45) is 5.10 Å². The van der Waals surface area contributed by atoms with Crippen LogP contribution in [0.2, 0.25) is 5.02 Å². The number of rotatable bonds is 4. The van der Waals surface area contributed by atoms with E-state index in [1.165, 1.54) is 6.07 Å². The molecule has 1 amide bonds. The van der Waals surface area contributed by atoms with E-state index in [0.717, 1.165) is 12.3 Å². The van der Waals surface area contributed by atoms with Gasteiger partial charge in [0.25, 0.3) is 0 Å². The number of ether oxygens (including phenoxy) is 1. The Bertz CT molecular complexity index is 532. The van der Waals surface area contributed by atoms with Crippen LogP contribution >= 0.6 is 11.6 Å². The molecule has 1 aromatic carbocycles. The van der Waals surface area contributed by atoms with Crippen molar-refractivity contribution >= 4 is 29.6 Å². The minimum absolute atomic E-state index is 0.00371. The van der Waals surface area contributed by atoms with Crippen molar-refractivity contribution in [3.8, 4) is 5.75 Å². The minimum atomic E-state index is -0.783. The number of carbonyl (C=O) groups excluding carboxylic acids is 1. The molecular formula is C10H10ClN3O5. The maximum atomic E-state index is 10.9. The van der Waals surface area contributed by atoms with E-state index >= 15 is 0 Å². The number of aromatic hydroxyl groups is 1. The van der Waals surface area contributed by atoms with Gasteiger partial charge in [0.05, 0.1) is 17.7 Å². The Kier molecular flexibility index (Phi) is 5.07. The van der Waals surface area contributed by atoms with Gasteiger partial charge in [-0.05, 0) is 13.0 Å². The third-order valence-electron chi connectivity index (χ3n) is 1.92. The van der Waals surface area contributed by atoms with Crippen molar-refractivity contribution in [1.82, 2.24) is 5.43 Å². The van der Waals surface area contributed by atoms with E-state index in [2.05, 4.69) is 9.84 Å². The second-order valence-corrected chi connectivity index (χ2v) is 3.65. The van der Waals surface area contributed by atoms with E-state index in [1.54, 1.807) is 6.92 Å². The van der Waals surface area contributed by atoms with Gasteiger partial charge in [-0.15, -0.1) is 0 Å². The first kappa shape index (κ1) is 14.7. The summed E-state index contributed by atoms with van der Waals surface area (Å²) < 4.78 is 4.54. The van der Waals surface area contributed by atoms with Gasteiger partial charge >= 0.3 is 11.8 Å². The Morgan fingerprint density at radius 2 is 2.37 bits per heavy atom. The topological polar surface area (TPSA) is 114 Å². The van der Waals surface area contributed by atoms with Gasteiger partial charge < -0.3 is 9.84 Å². The van der Waals surface area contributed by atoms with Crippen LogP contribution in [0.15, 0.2) is 17.2 Å². The summed E-state index contributed by atoms with van der Waals surface area (Å²) >= 11 is 5.67. The molecule has 0 atom stereocenters. The monoisotopic (exact) mass is 287 g/mol. The van der Waals surface area contributed by atoms with E-state index < -0.39 is 22.5 Å². The summed E-state index contributed by atoms with van der Waals surface area (Å²) in [5.41, 5.74) is 1.46. The van der Waals surface area contributed by atoms with E-state index in [1.807, 2.05) is 5.43 Å². The summed E-state index contributed by atoms with van der Waals surface area (Å²) in [6, 6.07) is 2.27. The first-order valence-corrected chi connectivity index (χ1v) is 5.46. The molecule has 2 N–H and O–H groups in total. The number of phenols is 1. The molecule has 102 valence electrons. The highest BCUT2D eigenvalue weighted by atomic mass is 35.5. The number of halogens is 1. The molecule has 1 rings (SSSR count). The molecule has 0 fully saturated rings. The molecule has 0 aromatic heterocycles. The molecule has 0 radical (unpaired) electrons. The molecule has 0 saturated carbocycles. The zero-order valence-electron chi connectivity index (χ0n) is 9.79. The average molecular weight is 288 g/mol. The van der Waals surface area contributed by atoms with E-state index in [9.17, 15) is 20.0 Å². The zero-order valence-corrected chi connectivity index (χ0v) is 10.5. The van der Waals surface area contributed by atoms with Crippen LogP contribution in [0, 0.1) is 10.1 Å². The zero-order chi connectivity index (χ0) is 14.4. The molecule has 1 aromatic rings. The Balaban J connectivity index is 2.92. The fraction of sp³-hybridized carbons (Fsp3) is 0.200. The first-order valence-electron chi connectivity index (χ1n) is 5.08. The lowest BCUT2D eigenvalue weighted by Crippen LogP contribution is -2.18. The number of nitrogens with one attached hydrogen (secondary N) is 1. The van der Waals surface area contributed by atoms with Crippen molar-refractivity contribution in [1.29, 1.82) is 0 Å². The Morgan fingerprint density at radius 3 is 2.95 bits per heavy atom. The molecule has 0 spiro atoms. The molecule has 0 aliphatic heterocycles. The molecule has 0 aliphatic carbocycles. The van der Waals surface area contributed by atoms with Crippen molar-refractivity contribution in [3.63, 3.8) is 0 Å². The lowest BCUT2D eigenvalue weighted by molar-refractivity contribution is -0.385. The van der Waals surface area contributed by atoms with Crippen LogP contribution in [0.1, 0.15) is 12.5 Å². The lowest BCUT2D eigenvalue weighted by Gasteiger charge is -2.02. The van der Waals surface area contributed by atoms with E-state index in [0.29, 0.717) is 0 Å². The molecular weight excluding hydrogens is 278 g/mol. The largest absolute Gasteiger partial charge is 0.502 e. The first-order chi connectivity index (χ1) is 8.95. The Morgan fingerprint density at radius 1 is 1.68 bits per heavy atom. The van der Waals surface area contributed by atoms with Gasteiger partial charge in [-0.1, -0.05) is 11.6 Å². The molecule has 0 aliphatic rings. The molecule has 0 heterocycles. The highest BCUT2D eigenvalue weighted by Crippen LogP contribution is 2.32. The maximum Gasteiger partial charge on any atom is 0.427 e. The van der Waals surface area contributed by atoms with Crippen LogP contribution in [0.3, 0.4) is 0 Å². The van der Waals surface area contributed by atoms with Crippen LogP contribution in [0.25, 0.3) is 0 Å².